The van der Waals surface area contributed by atoms with E-state index in [9.17, 15) is 9.18 Å². The zero-order valence-corrected chi connectivity index (χ0v) is 14.1. The lowest BCUT2D eigenvalue weighted by molar-refractivity contribution is 0.102. The second kappa shape index (κ2) is 7.46. The summed E-state index contributed by atoms with van der Waals surface area (Å²) in [6, 6.07) is 12.0. The Kier molecular flexibility index (Phi) is 5.11. The summed E-state index contributed by atoms with van der Waals surface area (Å²) in [4.78, 5) is 20.3. The molecule has 8 heteroatoms. The predicted molar refractivity (Wildman–Crippen MR) is 96.1 cm³/mol. The van der Waals surface area contributed by atoms with Crippen molar-refractivity contribution < 1.29 is 9.18 Å². The fraction of sp³-hybridized carbons (Fsp3) is 0. The molecule has 0 atom stereocenters. The van der Waals surface area contributed by atoms with Gasteiger partial charge in [0.05, 0.1) is 10.0 Å². The first-order valence-corrected chi connectivity index (χ1v) is 7.88. The summed E-state index contributed by atoms with van der Waals surface area (Å²) < 4.78 is 12.9. The van der Waals surface area contributed by atoms with Gasteiger partial charge in [-0.1, -0.05) is 23.2 Å². The molecule has 0 aliphatic heterocycles. The molecule has 3 rings (SSSR count). The van der Waals surface area contributed by atoms with E-state index in [4.69, 9.17) is 23.2 Å². The Morgan fingerprint density at radius 3 is 2.36 bits per heavy atom. The smallest absolute Gasteiger partial charge is 0.274 e. The van der Waals surface area contributed by atoms with Crippen molar-refractivity contribution in [2.24, 2.45) is 0 Å². The van der Waals surface area contributed by atoms with Crippen LogP contribution in [0, 0.1) is 5.82 Å². The lowest BCUT2D eigenvalue weighted by atomic mass is 10.3. The van der Waals surface area contributed by atoms with Crippen LogP contribution in [-0.4, -0.2) is 15.9 Å². The number of amides is 1. The Morgan fingerprint density at radius 2 is 1.64 bits per heavy atom. The second-order valence-electron chi connectivity index (χ2n) is 5.00. The van der Waals surface area contributed by atoms with E-state index >= 15 is 0 Å². The molecule has 0 spiro atoms. The average Bonchev–Trinajstić information content (AvgIpc) is 2.60. The highest BCUT2D eigenvalue weighted by Gasteiger charge is 2.10. The molecule has 0 unspecified atom stereocenters. The standard InChI is InChI=1S/C17H11Cl2FN4O/c18-13-6-5-12(7-14(13)19)24-17(25)15-8-16(22-9-21-15)23-11-3-1-10(20)2-4-11/h1-9H,(H,24,25)(H,21,22,23). The molecule has 1 amide bonds. The molecule has 126 valence electrons. The number of halogens is 3. The van der Waals surface area contributed by atoms with Crippen LogP contribution >= 0.6 is 23.2 Å². The summed E-state index contributed by atoms with van der Waals surface area (Å²) in [5.41, 5.74) is 1.28. The van der Waals surface area contributed by atoms with Gasteiger partial charge < -0.3 is 10.6 Å². The highest BCUT2D eigenvalue weighted by atomic mass is 35.5. The number of hydrogen-bond donors (Lipinski definition) is 2. The Labute approximate surface area is 152 Å². The Hall–Kier alpha value is -2.70. The minimum Gasteiger partial charge on any atom is -0.340 e. The lowest BCUT2D eigenvalue weighted by Crippen LogP contribution is -2.14. The number of anilines is 3. The maximum absolute atomic E-state index is 12.9. The number of carbonyl (C=O) groups excluding carboxylic acids is 1. The van der Waals surface area contributed by atoms with E-state index in [0.29, 0.717) is 27.2 Å². The molecule has 1 heterocycles. The summed E-state index contributed by atoms with van der Waals surface area (Å²) in [5, 5.41) is 6.38. The van der Waals surface area contributed by atoms with Gasteiger partial charge in [-0.05, 0) is 42.5 Å². The van der Waals surface area contributed by atoms with Crippen LogP contribution in [0.2, 0.25) is 10.0 Å². The monoisotopic (exact) mass is 376 g/mol. The number of nitrogens with one attached hydrogen (secondary N) is 2. The minimum atomic E-state index is -0.428. The van der Waals surface area contributed by atoms with Gasteiger partial charge in [-0.2, -0.15) is 0 Å². The fourth-order valence-corrected chi connectivity index (χ4v) is 2.30. The van der Waals surface area contributed by atoms with Crippen LogP contribution in [0.15, 0.2) is 54.9 Å². The molecule has 2 aromatic carbocycles. The molecule has 5 nitrogen and oxygen atoms in total. The molecule has 3 aromatic rings. The van der Waals surface area contributed by atoms with E-state index in [1.54, 1.807) is 30.3 Å². The van der Waals surface area contributed by atoms with Gasteiger partial charge in [-0.3, -0.25) is 4.79 Å². The summed E-state index contributed by atoms with van der Waals surface area (Å²) in [7, 11) is 0. The number of carbonyl (C=O) groups is 1. The highest BCUT2D eigenvalue weighted by molar-refractivity contribution is 6.42. The van der Waals surface area contributed by atoms with Gasteiger partial charge >= 0.3 is 0 Å². The van der Waals surface area contributed by atoms with Gasteiger partial charge in [0.2, 0.25) is 0 Å². The van der Waals surface area contributed by atoms with Crippen LogP contribution in [0.25, 0.3) is 0 Å². The van der Waals surface area contributed by atoms with Gasteiger partial charge in [0, 0.05) is 17.4 Å². The zero-order valence-electron chi connectivity index (χ0n) is 12.6. The first kappa shape index (κ1) is 17.1. The lowest BCUT2D eigenvalue weighted by Gasteiger charge is -2.08. The van der Waals surface area contributed by atoms with Crippen LogP contribution in [-0.2, 0) is 0 Å². The van der Waals surface area contributed by atoms with Crippen molar-refractivity contribution in [3.05, 3.63) is 76.4 Å². The van der Waals surface area contributed by atoms with E-state index in [2.05, 4.69) is 20.6 Å². The van der Waals surface area contributed by atoms with Crippen molar-refractivity contribution >= 4 is 46.3 Å². The van der Waals surface area contributed by atoms with Crippen molar-refractivity contribution in [3.8, 4) is 0 Å². The highest BCUT2D eigenvalue weighted by Crippen LogP contribution is 2.25. The molecule has 1 aromatic heterocycles. The second-order valence-corrected chi connectivity index (χ2v) is 5.82. The largest absolute Gasteiger partial charge is 0.340 e. The number of benzene rings is 2. The van der Waals surface area contributed by atoms with Crippen molar-refractivity contribution in [2.45, 2.75) is 0 Å². The molecule has 0 radical (unpaired) electrons. The van der Waals surface area contributed by atoms with Crippen LogP contribution in [0.1, 0.15) is 10.5 Å². The van der Waals surface area contributed by atoms with Crippen molar-refractivity contribution in [2.75, 3.05) is 10.6 Å². The maximum atomic E-state index is 12.9. The fourth-order valence-electron chi connectivity index (χ4n) is 2.00. The van der Waals surface area contributed by atoms with Gasteiger partial charge in [0.1, 0.15) is 23.7 Å². The van der Waals surface area contributed by atoms with Gasteiger partial charge in [0.25, 0.3) is 5.91 Å². The van der Waals surface area contributed by atoms with E-state index in [1.165, 1.54) is 24.5 Å². The molecule has 0 aliphatic carbocycles. The van der Waals surface area contributed by atoms with Crippen molar-refractivity contribution in [1.82, 2.24) is 9.97 Å². The number of nitrogens with zero attached hydrogens (tertiary/aromatic N) is 2. The molecule has 0 aliphatic rings. The van der Waals surface area contributed by atoms with Crippen molar-refractivity contribution in [3.63, 3.8) is 0 Å². The molecule has 2 N–H and O–H groups in total. The molecule has 0 fully saturated rings. The topological polar surface area (TPSA) is 66.9 Å². The van der Waals surface area contributed by atoms with Crippen LogP contribution in [0.3, 0.4) is 0 Å². The molecule has 0 saturated carbocycles. The maximum Gasteiger partial charge on any atom is 0.274 e. The number of aromatic nitrogens is 2. The van der Waals surface area contributed by atoms with Gasteiger partial charge in [0.15, 0.2) is 0 Å². The SMILES string of the molecule is O=C(Nc1ccc(Cl)c(Cl)c1)c1cc(Nc2ccc(F)cc2)ncn1. The van der Waals surface area contributed by atoms with E-state index < -0.39 is 5.91 Å². The van der Waals surface area contributed by atoms with Gasteiger partial charge in [-0.15, -0.1) is 0 Å². The van der Waals surface area contributed by atoms with Crippen LogP contribution < -0.4 is 10.6 Å². The first-order chi connectivity index (χ1) is 12.0. The summed E-state index contributed by atoms with van der Waals surface area (Å²) in [6.45, 7) is 0. The summed E-state index contributed by atoms with van der Waals surface area (Å²) in [5.74, 6) is -0.362. The Bertz CT molecular complexity index is 919. The Morgan fingerprint density at radius 1 is 0.920 bits per heavy atom. The first-order valence-electron chi connectivity index (χ1n) is 7.12. The van der Waals surface area contributed by atoms with E-state index in [1.807, 2.05) is 0 Å². The third-order valence-electron chi connectivity index (χ3n) is 3.19. The molecule has 25 heavy (non-hydrogen) atoms. The summed E-state index contributed by atoms with van der Waals surface area (Å²) >= 11 is 11.8. The zero-order chi connectivity index (χ0) is 17.8. The third kappa shape index (κ3) is 4.43. The molecular formula is C17H11Cl2FN4O. The third-order valence-corrected chi connectivity index (χ3v) is 3.93. The molecular weight excluding hydrogens is 366 g/mol. The van der Waals surface area contributed by atoms with Crippen molar-refractivity contribution in [1.29, 1.82) is 0 Å². The van der Waals surface area contributed by atoms with E-state index in [-0.39, 0.29) is 11.5 Å². The van der Waals surface area contributed by atoms with Crippen LogP contribution in [0.5, 0.6) is 0 Å². The number of rotatable bonds is 4. The Balaban J connectivity index is 1.74. The minimum absolute atomic E-state index is 0.158. The molecule has 0 bridgehead atoms. The normalized spacial score (nSPS) is 10.4. The van der Waals surface area contributed by atoms with Crippen LogP contribution in [0.4, 0.5) is 21.6 Å². The van der Waals surface area contributed by atoms with E-state index in [0.717, 1.165) is 0 Å². The average molecular weight is 377 g/mol. The predicted octanol–water partition coefficient (Wildman–Crippen LogP) is 4.92. The molecule has 0 saturated heterocycles. The number of hydrogen-bond acceptors (Lipinski definition) is 4. The quantitative estimate of drug-likeness (QED) is 0.678. The van der Waals surface area contributed by atoms with Gasteiger partial charge in [-0.25, -0.2) is 14.4 Å². The summed E-state index contributed by atoms with van der Waals surface area (Å²) in [6.07, 6.45) is 1.26.